The van der Waals surface area contributed by atoms with E-state index in [1.807, 2.05) is 19.1 Å². The minimum Gasteiger partial charge on any atom is -0.495 e. The Bertz CT molecular complexity index is 1020. The first-order chi connectivity index (χ1) is 14.5. The number of carbonyl (C=O) groups is 1. The van der Waals surface area contributed by atoms with Crippen molar-refractivity contribution in [2.24, 2.45) is 0 Å². The normalized spacial score (nSPS) is 10.7. The summed E-state index contributed by atoms with van der Waals surface area (Å²) in [4.78, 5) is 14.9. The topological polar surface area (TPSA) is 77.7 Å². The zero-order valence-electron chi connectivity index (χ0n) is 16.8. The van der Waals surface area contributed by atoms with Gasteiger partial charge in [0.05, 0.1) is 31.4 Å². The number of amides is 1. The van der Waals surface area contributed by atoms with Crippen molar-refractivity contribution in [1.82, 2.24) is 15.1 Å². The van der Waals surface area contributed by atoms with Crippen LogP contribution in [0.15, 0.2) is 45.3 Å². The first-order valence-electron chi connectivity index (χ1n) is 9.26. The minimum absolute atomic E-state index is 0.171. The summed E-state index contributed by atoms with van der Waals surface area (Å²) < 4.78 is 17.1. The van der Waals surface area contributed by atoms with Crippen LogP contribution in [0.3, 0.4) is 0 Å². The molecule has 0 aliphatic heterocycles. The molecule has 3 rings (SSSR count). The van der Waals surface area contributed by atoms with E-state index >= 15 is 0 Å². The van der Waals surface area contributed by atoms with Gasteiger partial charge in [0.15, 0.2) is 0 Å². The molecule has 30 heavy (non-hydrogen) atoms. The highest BCUT2D eigenvalue weighted by Crippen LogP contribution is 2.36. The average molecular weight is 495 g/mol. The third-order valence-electron chi connectivity index (χ3n) is 4.37. The molecule has 0 radical (unpaired) electrons. The summed E-state index contributed by atoms with van der Waals surface area (Å²) >= 11 is 9.62. The van der Waals surface area contributed by atoms with E-state index in [0.29, 0.717) is 50.4 Å². The number of benzene rings is 2. The molecule has 158 valence electrons. The van der Waals surface area contributed by atoms with Gasteiger partial charge in [0.2, 0.25) is 11.8 Å². The third kappa shape index (κ3) is 4.76. The van der Waals surface area contributed by atoms with E-state index < -0.39 is 0 Å². The lowest BCUT2D eigenvalue weighted by Gasteiger charge is -2.21. The monoisotopic (exact) mass is 493 g/mol. The van der Waals surface area contributed by atoms with Gasteiger partial charge in [0.25, 0.3) is 5.91 Å². The largest absolute Gasteiger partial charge is 0.495 e. The summed E-state index contributed by atoms with van der Waals surface area (Å²) in [5, 5.41) is 8.68. The fourth-order valence-electron chi connectivity index (χ4n) is 2.92. The summed E-state index contributed by atoms with van der Waals surface area (Å²) in [6.07, 6.45) is 0.766. The molecule has 7 nitrogen and oxygen atoms in total. The van der Waals surface area contributed by atoms with Gasteiger partial charge in [0.1, 0.15) is 16.0 Å². The Morgan fingerprint density at radius 2 is 1.83 bits per heavy atom. The van der Waals surface area contributed by atoms with Gasteiger partial charge in [-0.1, -0.05) is 30.7 Å². The van der Waals surface area contributed by atoms with Crippen LogP contribution < -0.4 is 9.47 Å². The average Bonchev–Trinajstić information content (AvgIpc) is 3.21. The fourth-order valence-corrected chi connectivity index (χ4v) is 3.69. The lowest BCUT2D eigenvalue weighted by atomic mass is 10.1. The molecule has 1 aromatic heterocycles. The number of halogens is 2. The quantitative estimate of drug-likeness (QED) is 0.427. The summed E-state index contributed by atoms with van der Waals surface area (Å²) in [6, 6.07) is 10.6. The van der Waals surface area contributed by atoms with E-state index in [1.54, 1.807) is 29.2 Å². The van der Waals surface area contributed by atoms with Crippen LogP contribution in [0.4, 0.5) is 0 Å². The standard InChI is InChI=1S/C21H21BrClN3O4/c1-4-9-26(21(27)13-10-16(28-2)19(22)17(11-13)29-3)12-18-24-25-20(30-18)14-7-5-6-8-15(14)23/h5-8,10-11H,4,9,12H2,1-3H3. The number of hydrogen-bond donors (Lipinski definition) is 0. The molecule has 0 N–H and O–H groups in total. The number of rotatable bonds is 8. The predicted molar refractivity (Wildman–Crippen MR) is 117 cm³/mol. The van der Waals surface area contributed by atoms with Crippen molar-refractivity contribution in [2.75, 3.05) is 20.8 Å². The van der Waals surface area contributed by atoms with Crippen LogP contribution in [0.2, 0.25) is 5.02 Å². The second-order valence-electron chi connectivity index (χ2n) is 6.40. The molecular formula is C21H21BrClN3O4. The Morgan fingerprint density at radius 1 is 1.17 bits per heavy atom. The van der Waals surface area contributed by atoms with Crippen molar-refractivity contribution in [2.45, 2.75) is 19.9 Å². The van der Waals surface area contributed by atoms with Gasteiger partial charge in [0, 0.05) is 12.1 Å². The van der Waals surface area contributed by atoms with E-state index in [9.17, 15) is 4.79 Å². The molecule has 1 amide bonds. The molecule has 0 saturated heterocycles. The van der Waals surface area contributed by atoms with Crippen LogP contribution in [-0.2, 0) is 6.54 Å². The van der Waals surface area contributed by atoms with Crippen molar-refractivity contribution in [3.05, 3.63) is 57.3 Å². The molecule has 0 saturated carbocycles. The lowest BCUT2D eigenvalue weighted by Crippen LogP contribution is -2.31. The summed E-state index contributed by atoms with van der Waals surface area (Å²) in [7, 11) is 3.07. The molecule has 0 atom stereocenters. The van der Waals surface area contributed by atoms with E-state index in [4.69, 9.17) is 25.5 Å². The molecule has 0 aliphatic carbocycles. The Balaban J connectivity index is 1.87. The van der Waals surface area contributed by atoms with Crippen LogP contribution in [0.25, 0.3) is 11.5 Å². The lowest BCUT2D eigenvalue weighted by molar-refractivity contribution is 0.0728. The Morgan fingerprint density at radius 3 is 2.43 bits per heavy atom. The SMILES string of the molecule is CCCN(Cc1nnc(-c2ccccc2Cl)o1)C(=O)c1cc(OC)c(Br)c(OC)c1. The Kier molecular flexibility index (Phi) is 7.33. The van der Waals surface area contributed by atoms with Gasteiger partial charge >= 0.3 is 0 Å². The van der Waals surface area contributed by atoms with Crippen molar-refractivity contribution >= 4 is 33.4 Å². The van der Waals surface area contributed by atoms with Crippen molar-refractivity contribution < 1.29 is 18.7 Å². The predicted octanol–water partition coefficient (Wildman–Crippen LogP) is 5.22. The number of carbonyl (C=O) groups excluding carboxylic acids is 1. The third-order valence-corrected chi connectivity index (χ3v) is 5.48. The molecule has 0 fully saturated rings. The molecule has 2 aromatic carbocycles. The zero-order valence-corrected chi connectivity index (χ0v) is 19.2. The number of nitrogens with zero attached hydrogens (tertiary/aromatic N) is 3. The number of aromatic nitrogens is 2. The molecule has 3 aromatic rings. The second-order valence-corrected chi connectivity index (χ2v) is 7.60. The van der Waals surface area contributed by atoms with E-state index in [2.05, 4.69) is 26.1 Å². The highest BCUT2D eigenvalue weighted by Gasteiger charge is 2.22. The maximum Gasteiger partial charge on any atom is 0.254 e. The first-order valence-corrected chi connectivity index (χ1v) is 10.4. The number of hydrogen-bond acceptors (Lipinski definition) is 6. The molecule has 1 heterocycles. The van der Waals surface area contributed by atoms with E-state index in [1.165, 1.54) is 14.2 Å². The van der Waals surface area contributed by atoms with Gasteiger partial charge in [-0.3, -0.25) is 4.79 Å². The van der Waals surface area contributed by atoms with E-state index in [-0.39, 0.29) is 12.5 Å². The molecular weight excluding hydrogens is 474 g/mol. The minimum atomic E-state index is -0.196. The molecule has 9 heteroatoms. The van der Waals surface area contributed by atoms with Gasteiger partial charge in [-0.05, 0) is 46.6 Å². The van der Waals surface area contributed by atoms with Crippen LogP contribution in [0.1, 0.15) is 29.6 Å². The summed E-state index contributed by atoms with van der Waals surface area (Å²) in [6.45, 7) is 2.68. The highest BCUT2D eigenvalue weighted by atomic mass is 79.9. The highest BCUT2D eigenvalue weighted by molar-refractivity contribution is 9.10. The molecule has 0 unspecified atom stereocenters. The molecule has 0 aliphatic rings. The summed E-state index contributed by atoms with van der Waals surface area (Å²) in [5.74, 6) is 1.45. The smallest absolute Gasteiger partial charge is 0.254 e. The van der Waals surface area contributed by atoms with Crippen molar-refractivity contribution in [3.63, 3.8) is 0 Å². The van der Waals surface area contributed by atoms with Crippen LogP contribution in [0, 0.1) is 0 Å². The van der Waals surface area contributed by atoms with E-state index in [0.717, 1.165) is 6.42 Å². The van der Waals surface area contributed by atoms with Gasteiger partial charge in [-0.15, -0.1) is 10.2 Å². The molecule has 0 bridgehead atoms. The van der Waals surface area contributed by atoms with Crippen LogP contribution >= 0.6 is 27.5 Å². The zero-order chi connectivity index (χ0) is 21.7. The number of ether oxygens (including phenoxy) is 2. The van der Waals surface area contributed by atoms with Crippen LogP contribution in [0.5, 0.6) is 11.5 Å². The Hall–Kier alpha value is -2.58. The maximum absolute atomic E-state index is 13.2. The number of methoxy groups -OCH3 is 2. The Labute approximate surface area is 188 Å². The maximum atomic E-state index is 13.2. The molecule has 0 spiro atoms. The van der Waals surface area contributed by atoms with Gasteiger partial charge in [-0.25, -0.2) is 0 Å². The van der Waals surface area contributed by atoms with Crippen molar-refractivity contribution in [3.8, 4) is 23.0 Å². The van der Waals surface area contributed by atoms with Gasteiger partial charge < -0.3 is 18.8 Å². The van der Waals surface area contributed by atoms with Crippen molar-refractivity contribution in [1.29, 1.82) is 0 Å². The van der Waals surface area contributed by atoms with Gasteiger partial charge in [-0.2, -0.15) is 0 Å². The second kappa shape index (κ2) is 9.95. The fraction of sp³-hybridized carbons (Fsp3) is 0.286. The first kappa shape index (κ1) is 22.1. The van der Waals surface area contributed by atoms with Crippen LogP contribution in [-0.4, -0.2) is 41.8 Å². The summed E-state index contributed by atoms with van der Waals surface area (Å²) in [5.41, 5.74) is 1.08.